The number of rotatable bonds is 5. The normalized spacial score (nSPS) is 10.9. The molecule has 100 valence electrons. The van der Waals surface area contributed by atoms with Crippen molar-refractivity contribution in [2.75, 3.05) is 20.7 Å². The third-order valence-corrected chi connectivity index (χ3v) is 2.49. The monoisotopic (exact) mass is 258 g/mol. The molecule has 1 aromatic carbocycles. The summed E-state index contributed by atoms with van der Waals surface area (Å²) in [7, 11) is 3.25. The molecular weight excluding hydrogens is 240 g/mol. The first-order valence-corrected chi connectivity index (χ1v) is 6.08. The van der Waals surface area contributed by atoms with Crippen molar-refractivity contribution in [3.05, 3.63) is 41.0 Å². The Morgan fingerprint density at radius 2 is 2.21 bits per heavy atom. The van der Waals surface area contributed by atoms with Gasteiger partial charge in [0.1, 0.15) is 11.6 Å². The topological polar surface area (TPSA) is 53.3 Å². The molecular formula is C15H18N2O2. The van der Waals surface area contributed by atoms with Gasteiger partial charge in [-0.25, -0.2) is 0 Å². The van der Waals surface area contributed by atoms with Crippen LogP contribution in [0.4, 0.5) is 0 Å². The minimum absolute atomic E-state index is 0.124. The molecule has 0 heterocycles. The lowest BCUT2D eigenvalue weighted by atomic mass is 10.1. The van der Waals surface area contributed by atoms with Crippen molar-refractivity contribution in [1.29, 1.82) is 5.26 Å². The summed E-state index contributed by atoms with van der Waals surface area (Å²) in [6.07, 6.45) is 1.60. The molecule has 0 aromatic heterocycles. The number of nitrogens with zero attached hydrogens (tertiary/aromatic N) is 2. The Bertz CT molecular complexity index is 513. The van der Waals surface area contributed by atoms with E-state index in [4.69, 9.17) is 10.00 Å². The van der Waals surface area contributed by atoms with Crippen LogP contribution in [0, 0.1) is 11.3 Å². The van der Waals surface area contributed by atoms with Crippen LogP contribution < -0.4 is 0 Å². The van der Waals surface area contributed by atoms with Crippen LogP contribution in [0.1, 0.15) is 18.1 Å². The Hall–Kier alpha value is -2.12. The second-order valence-electron chi connectivity index (χ2n) is 4.25. The SMILES string of the molecule is CCOCc1cccc(C=C(C#N)C(=O)N(C)C)c1. The molecule has 0 aliphatic carbocycles. The summed E-state index contributed by atoms with van der Waals surface area (Å²) in [4.78, 5) is 13.1. The Balaban J connectivity index is 2.96. The molecule has 0 aliphatic rings. The fourth-order valence-electron chi connectivity index (χ4n) is 1.54. The zero-order valence-corrected chi connectivity index (χ0v) is 11.5. The maximum Gasteiger partial charge on any atom is 0.264 e. The summed E-state index contributed by atoms with van der Waals surface area (Å²) in [5.41, 5.74) is 1.97. The molecule has 0 spiro atoms. The van der Waals surface area contributed by atoms with Crippen molar-refractivity contribution in [3.8, 4) is 6.07 Å². The molecule has 19 heavy (non-hydrogen) atoms. The van der Waals surface area contributed by atoms with Crippen LogP contribution >= 0.6 is 0 Å². The van der Waals surface area contributed by atoms with E-state index < -0.39 is 0 Å². The summed E-state index contributed by atoms with van der Waals surface area (Å²) in [6, 6.07) is 9.54. The molecule has 1 rings (SSSR count). The summed E-state index contributed by atoms with van der Waals surface area (Å²) in [5, 5.41) is 9.03. The van der Waals surface area contributed by atoms with Crippen LogP contribution in [-0.4, -0.2) is 31.5 Å². The smallest absolute Gasteiger partial charge is 0.264 e. The fourth-order valence-corrected chi connectivity index (χ4v) is 1.54. The first kappa shape index (κ1) is 14.9. The second-order valence-corrected chi connectivity index (χ2v) is 4.25. The van der Waals surface area contributed by atoms with E-state index in [2.05, 4.69) is 0 Å². The lowest BCUT2D eigenvalue weighted by Crippen LogP contribution is -2.22. The van der Waals surface area contributed by atoms with E-state index in [0.717, 1.165) is 11.1 Å². The van der Waals surface area contributed by atoms with E-state index >= 15 is 0 Å². The van der Waals surface area contributed by atoms with E-state index in [1.54, 1.807) is 20.2 Å². The maximum absolute atomic E-state index is 11.7. The summed E-state index contributed by atoms with van der Waals surface area (Å²) >= 11 is 0. The third-order valence-electron chi connectivity index (χ3n) is 2.49. The van der Waals surface area contributed by atoms with Crippen LogP contribution in [0.5, 0.6) is 0 Å². The quantitative estimate of drug-likeness (QED) is 0.601. The van der Waals surface area contributed by atoms with Gasteiger partial charge in [0, 0.05) is 20.7 Å². The molecule has 0 bridgehead atoms. The number of hydrogen-bond acceptors (Lipinski definition) is 3. The minimum atomic E-state index is -0.294. The van der Waals surface area contributed by atoms with Crippen LogP contribution in [0.3, 0.4) is 0 Å². The Labute approximate surface area is 113 Å². The number of carbonyl (C=O) groups is 1. The number of carbonyl (C=O) groups excluding carboxylic acids is 1. The second kappa shape index (κ2) is 7.34. The van der Waals surface area contributed by atoms with Crippen LogP contribution in [-0.2, 0) is 16.1 Å². The van der Waals surface area contributed by atoms with Crippen LogP contribution in [0.2, 0.25) is 0 Å². The minimum Gasteiger partial charge on any atom is -0.377 e. The number of benzene rings is 1. The van der Waals surface area contributed by atoms with Crippen molar-refractivity contribution >= 4 is 12.0 Å². The first-order chi connectivity index (χ1) is 9.08. The molecule has 1 amide bonds. The lowest BCUT2D eigenvalue weighted by Gasteiger charge is -2.09. The van der Waals surface area contributed by atoms with Gasteiger partial charge in [0.25, 0.3) is 5.91 Å². The zero-order chi connectivity index (χ0) is 14.3. The third kappa shape index (κ3) is 4.57. The highest BCUT2D eigenvalue weighted by Gasteiger charge is 2.10. The van der Waals surface area contributed by atoms with Crippen LogP contribution in [0.25, 0.3) is 6.08 Å². The average molecular weight is 258 g/mol. The molecule has 0 unspecified atom stereocenters. The predicted molar refractivity (Wildman–Crippen MR) is 74.1 cm³/mol. The van der Waals surface area contributed by atoms with Gasteiger partial charge in [-0.15, -0.1) is 0 Å². The standard InChI is InChI=1S/C15H18N2O2/c1-4-19-11-13-7-5-6-12(8-13)9-14(10-16)15(18)17(2)3/h5-9H,4,11H2,1-3H3. The van der Waals surface area contributed by atoms with Gasteiger partial charge < -0.3 is 9.64 Å². The number of ether oxygens (including phenoxy) is 1. The zero-order valence-electron chi connectivity index (χ0n) is 11.5. The molecule has 0 atom stereocenters. The largest absolute Gasteiger partial charge is 0.377 e. The Kier molecular flexibility index (Phi) is 5.77. The number of nitriles is 1. The van der Waals surface area contributed by atoms with Gasteiger partial charge in [-0.2, -0.15) is 5.26 Å². The number of amides is 1. The molecule has 0 saturated carbocycles. The fraction of sp³-hybridized carbons (Fsp3) is 0.333. The van der Waals surface area contributed by atoms with Gasteiger partial charge >= 0.3 is 0 Å². The maximum atomic E-state index is 11.7. The first-order valence-electron chi connectivity index (χ1n) is 6.08. The number of likely N-dealkylation sites (N-methyl/N-ethyl adjacent to an activating group) is 1. The van der Waals surface area contributed by atoms with E-state index in [1.807, 2.05) is 37.3 Å². The highest BCUT2D eigenvalue weighted by Crippen LogP contribution is 2.11. The van der Waals surface area contributed by atoms with E-state index in [9.17, 15) is 4.79 Å². The van der Waals surface area contributed by atoms with Gasteiger partial charge in [0.05, 0.1) is 6.61 Å². The Morgan fingerprint density at radius 3 is 2.79 bits per heavy atom. The van der Waals surface area contributed by atoms with Gasteiger partial charge in [0.15, 0.2) is 0 Å². The van der Waals surface area contributed by atoms with Crippen LogP contribution in [0.15, 0.2) is 29.8 Å². The molecule has 0 saturated heterocycles. The van der Waals surface area contributed by atoms with E-state index in [0.29, 0.717) is 13.2 Å². The Morgan fingerprint density at radius 1 is 1.47 bits per heavy atom. The molecule has 0 fully saturated rings. The summed E-state index contributed by atoms with van der Waals surface area (Å²) in [6.45, 7) is 3.12. The summed E-state index contributed by atoms with van der Waals surface area (Å²) in [5.74, 6) is -0.294. The van der Waals surface area contributed by atoms with Crippen molar-refractivity contribution in [2.45, 2.75) is 13.5 Å². The van der Waals surface area contributed by atoms with Crippen molar-refractivity contribution < 1.29 is 9.53 Å². The van der Waals surface area contributed by atoms with Crippen molar-refractivity contribution in [2.24, 2.45) is 0 Å². The predicted octanol–water partition coefficient (Wildman–Crippen LogP) is 2.22. The lowest BCUT2D eigenvalue weighted by molar-refractivity contribution is -0.124. The highest BCUT2D eigenvalue weighted by atomic mass is 16.5. The van der Waals surface area contributed by atoms with Gasteiger partial charge in [-0.3, -0.25) is 4.79 Å². The van der Waals surface area contributed by atoms with Crippen molar-refractivity contribution in [1.82, 2.24) is 4.90 Å². The van der Waals surface area contributed by atoms with Gasteiger partial charge in [0.2, 0.25) is 0 Å². The average Bonchev–Trinajstić information content (AvgIpc) is 2.42. The van der Waals surface area contributed by atoms with E-state index in [1.165, 1.54) is 4.90 Å². The highest BCUT2D eigenvalue weighted by molar-refractivity contribution is 6.01. The van der Waals surface area contributed by atoms with E-state index in [-0.39, 0.29) is 11.5 Å². The molecule has 0 N–H and O–H groups in total. The molecule has 1 aromatic rings. The van der Waals surface area contributed by atoms with Gasteiger partial charge in [-0.05, 0) is 30.2 Å². The molecule has 4 nitrogen and oxygen atoms in total. The number of hydrogen-bond donors (Lipinski definition) is 0. The molecule has 0 radical (unpaired) electrons. The summed E-state index contributed by atoms with van der Waals surface area (Å²) < 4.78 is 5.33. The van der Waals surface area contributed by atoms with Gasteiger partial charge in [-0.1, -0.05) is 18.2 Å². The molecule has 0 aliphatic heterocycles. The van der Waals surface area contributed by atoms with Crippen molar-refractivity contribution in [3.63, 3.8) is 0 Å². The molecule has 4 heteroatoms.